The average Bonchev–Trinajstić information content (AvgIpc) is 1.06. The zero-order chi connectivity index (χ0) is 81.7. The number of aliphatic hydroxyl groups is 1. The van der Waals surface area contributed by atoms with Crippen molar-refractivity contribution in [2.75, 3.05) is 52.4 Å². The molecule has 4 aromatic carbocycles. The van der Waals surface area contributed by atoms with E-state index >= 15 is 9.59 Å². The van der Waals surface area contributed by atoms with Gasteiger partial charge in [0.2, 0.25) is 65.0 Å². The molecule has 0 aliphatic carbocycles. The maximum Gasteiger partial charge on any atom is 0.245 e. The minimum Gasteiger partial charge on any atom is -0.508 e. The Bertz CT molecular complexity index is 3970. The first-order valence-corrected chi connectivity index (χ1v) is 38.9. The number of phenols is 1. The van der Waals surface area contributed by atoms with Gasteiger partial charge in [0.25, 0.3) is 0 Å². The van der Waals surface area contributed by atoms with Crippen LogP contribution < -0.4 is 74.9 Å². The fourth-order valence-corrected chi connectivity index (χ4v) is 12.8. The lowest BCUT2D eigenvalue weighted by Crippen LogP contribution is -2.61. The molecule has 112 heavy (non-hydrogen) atoms. The number of rotatable bonds is 44. The van der Waals surface area contributed by atoms with Crippen molar-refractivity contribution in [2.24, 2.45) is 21.6 Å². The highest BCUT2D eigenvalue weighted by atomic mass is 35.5. The number of aromatic nitrogens is 1. The number of aliphatic imine (C=N–C) groups is 2. The van der Waals surface area contributed by atoms with E-state index in [2.05, 4.69) is 84.1 Å². The van der Waals surface area contributed by atoms with Gasteiger partial charge in [0.05, 0.1) is 6.61 Å². The van der Waals surface area contributed by atoms with Gasteiger partial charge in [-0.1, -0.05) is 98.2 Å². The van der Waals surface area contributed by atoms with Gasteiger partial charge in [-0.15, -0.1) is 0 Å². The van der Waals surface area contributed by atoms with Crippen LogP contribution in [0.4, 0.5) is 0 Å². The van der Waals surface area contributed by atoms with E-state index in [4.69, 9.17) is 17.3 Å². The van der Waals surface area contributed by atoms with E-state index in [0.717, 1.165) is 10.8 Å². The van der Waals surface area contributed by atoms with E-state index in [1.165, 1.54) is 55.4 Å². The number of amides is 11. The summed E-state index contributed by atoms with van der Waals surface area (Å²) >= 11 is 6.26. The predicted octanol–water partition coefficient (Wildman–Crippen LogP) is 2.27. The van der Waals surface area contributed by atoms with E-state index in [0.29, 0.717) is 104 Å². The number of guanidine groups is 2. The summed E-state index contributed by atoms with van der Waals surface area (Å²) < 4.78 is 0. The van der Waals surface area contributed by atoms with Gasteiger partial charge in [-0.25, -0.2) is 0 Å². The van der Waals surface area contributed by atoms with E-state index in [-0.39, 0.29) is 76.0 Å². The molecule has 10 atom stereocenters. The maximum atomic E-state index is 15.2. The molecule has 1 aliphatic heterocycles. The summed E-state index contributed by atoms with van der Waals surface area (Å²) in [7, 11) is 0. The SMILES string of the molecule is CCNC(=NCCCC[C@H](NC(=O)[C@H](CC(C)C)NC(=O)[C@@H](CCCCN=C(NCC)NCC)NC(=O)[C@H](Cc1ccc(O)cc1)NC(=O)[C@@H](CO)NC(=O)[C@@H](Cc1cccnc1)NC(=O)[C@@H](Cc1ccc(Cl)cc1)NC(=O)[C@@H](Cc1ccc2ccccc2c1)NC(C)=O)C(=O)N1CCC[C@H]1C(=O)N[C@H](C)C(N)=O)NCC. The summed E-state index contributed by atoms with van der Waals surface area (Å²) in [6.45, 7) is 16.3. The summed E-state index contributed by atoms with van der Waals surface area (Å²) in [5.41, 5.74) is 7.61. The number of hydrogen-bond donors (Lipinski definition) is 16. The van der Waals surface area contributed by atoms with Crippen molar-refractivity contribution in [1.82, 2.24) is 79.0 Å². The number of aromatic hydroxyl groups is 1. The van der Waals surface area contributed by atoms with Crippen molar-refractivity contribution in [2.45, 2.75) is 199 Å². The molecule has 11 amide bonds. The first kappa shape index (κ1) is 89.9. The molecule has 6 rings (SSSR count). The Morgan fingerprint density at radius 1 is 0.518 bits per heavy atom. The molecule has 0 radical (unpaired) electrons. The summed E-state index contributed by atoms with van der Waals surface area (Å²) in [5, 5.41) is 60.9. The molecule has 17 N–H and O–H groups in total. The van der Waals surface area contributed by atoms with Crippen LogP contribution in [-0.4, -0.2) is 210 Å². The normalized spacial score (nSPS) is 14.8. The number of unbranched alkanes of at least 4 members (excludes halogenated alkanes) is 2. The van der Waals surface area contributed by atoms with Gasteiger partial charge in [-0.05, 0) is 162 Å². The summed E-state index contributed by atoms with van der Waals surface area (Å²) in [6.07, 6.45) is 4.77. The topological polar surface area (TPSA) is 451 Å². The van der Waals surface area contributed by atoms with Gasteiger partial charge in [-0.2, -0.15) is 0 Å². The van der Waals surface area contributed by atoms with E-state index in [1.807, 2.05) is 84.0 Å². The molecule has 0 unspecified atom stereocenters. The number of primary amides is 1. The minimum atomic E-state index is -1.82. The lowest BCUT2D eigenvalue weighted by Gasteiger charge is -2.31. The molecular formula is C80H113ClN18O13. The highest BCUT2D eigenvalue weighted by Crippen LogP contribution is 2.23. The molecule has 0 bridgehead atoms. The number of likely N-dealkylation sites (tertiary alicyclic amines) is 1. The number of hydrogen-bond acceptors (Lipinski definition) is 16. The number of nitrogens with zero attached hydrogens (tertiary/aromatic N) is 4. The molecule has 1 aliphatic rings. The predicted molar refractivity (Wildman–Crippen MR) is 429 cm³/mol. The number of aliphatic hydroxyl groups excluding tert-OH is 1. The number of fused-ring (bicyclic) bond motifs is 1. The fraction of sp³-hybridized carbons (Fsp3) is 0.500. The van der Waals surface area contributed by atoms with E-state index in [1.54, 1.807) is 36.4 Å². The zero-order valence-corrected chi connectivity index (χ0v) is 66.1. The number of pyridine rings is 1. The maximum absolute atomic E-state index is 15.2. The molecule has 1 fully saturated rings. The van der Waals surface area contributed by atoms with Gasteiger partial charge in [0, 0.05) is 95.8 Å². The van der Waals surface area contributed by atoms with Crippen LogP contribution in [0, 0.1) is 5.92 Å². The van der Waals surface area contributed by atoms with Crippen molar-refractivity contribution in [3.05, 3.63) is 143 Å². The Morgan fingerprint density at radius 2 is 0.964 bits per heavy atom. The Hall–Kier alpha value is -10.9. The van der Waals surface area contributed by atoms with Crippen molar-refractivity contribution in [1.29, 1.82) is 0 Å². The number of carbonyl (C=O) groups is 11. The first-order chi connectivity index (χ1) is 53.7. The van der Waals surface area contributed by atoms with Crippen molar-refractivity contribution in [3.63, 3.8) is 0 Å². The third-order valence-electron chi connectivity index (χ3n) is 18.5. The number of benzene rings is 4. The van der Waals surface area contributed by atoms with Gasteiger partial charge in [-0.3, -0.25) is 67.7 Å². The first-order valence-electron chi connectivity index (χ1n) is 38.6. The average molecular weight is 1570 g/mol. The molecule has 0 spiro atoms. The van der Waals surface area contributed by atoms with Gasteiger partial charge < -0.3 is 90.0 Å². The number of phenolic OH excluding ortho intramolecular Hbond substituents is 1. The lowest BCUT2D eigenvalue weighted by molar-refractivity contribution is -0.142. The van der Waals surface area contributed by atoms with Gasteiger partial charge in [0.15, 0.2) is 11.9 Å². The second-order valence-electron chi connectivity index (χ2n) is 28.0. The Kier molecular flexibility index (Phi) is 38.0. The highest BCUT2D eigenvalue weighted by Gasteiger charge is 2.40. The molecule has 5 aromatic rings. The quantitative estimate of drug-likeness (QED) is 0.0151. The number of halogens is 1. The van der Waals surface area contributed by atoms with Crippen LogP contribution in [0.5, 0.6) is 5.75 Å². The van der Waals surface area contributed by atoms with Crippen molar-refractivity contribution >= 4 is 99.3 Å². The van der Waals surface area contributed by atoms with Crippen LogP contribution in [0.3, 0.4) is 0 Å². The van der Waals surface area contributed by atoms with Gasteiger partial charge in [0.1, 0.15) is 66.2 Å². The molecule has 31 nitrogen and oxygen atoms in total. The molecule has 0 saturated carbocycles. The third-order valence-corrected chi connectivity index (χ3v) is 18.7. The van der Waals surface area contributed by atoms with Gasteiger partial charge >= 0.3 is 0 Å². The second-order valence-corrected chi connectivity index (χ2v) is 28.5. The third kappa shape index (κ3) is 30.4. The second kappa shape index (κ2) is 47.3. The van der Waals surface area contributed by atoms with Crippen molar-refractivity contribution in [3.8, 4) is 5.75 Å². The summed E-state index contributed by atoms with van der Waals surface area (Å²) in [6, 6.07) is 15.3. The summed E-state index contributed by atoms with van der Waals surface area (Å²) in [5.74, 6) is -7.72. The van der Waals surface area contributed by atoms with Crippen molar-refractivity contribution < 1.29 is 63.0 Å². The van der Waals surface area contributed by atoms with E-state index in [9.17, 15) is 53.4 Å². The van der Waals surface area contributed by atoms with Crippen LogP contribution in [-0.2, 0) is 78.4 Å². The van der Waals surface area contributed by atoms with E-state index < -0.39 is 132 Å². The molecule has 2 heterocycles. The minimum absolute atomic E-state index is 0.0365. The largest absolute Gasteiger partial charge is 0.508 e. The van der Waals surface area contributed by atoms with Crippen LogP contribution >= 0.6 is 11.6 Å². The Balaban J connectivity index is 1.29. The highest BCUT2D eigenvalue weighted by molar-refractivity contribution is 6.30. The Morgan fingerprint density at radius 3 is 1.47 bits per heavy atom. The molecule has 32 heteroatoms. The molecule has 608 valence electrons. The monoisotopic (exact) mass is 1570 g/mol. The molecule has 1 saturated heterocycles. The van der Waals surface area contributed by atoms with Crippen LogP contribution in [0.15, 0.2) is 126 Å². The lowest BCUT2D eigenvalue weighted by atomic mass is 9.99. The standard InChI is InChI=1S/C80H113ClN18O13/c1-9-84-79(85-10-2)88-38-17-15-24-60(70(104)94-62(41-49(5)6)71(105)93-61(25-16-18-39-89-80(86-11-3)87-12-4)78(112)99-40-20-26-68(99)77(111)90-50(7)69(82)103)92-73(107)64(44-53-30-35-59(102)36-31-53)97-76(110)67(48-100)98-75(109)66(46-55-21-19-37-83-47-55)96-74(108)65(43-52-28-33-58(81)34-29-52)95-72(106)63(91-51(8)101)45-54-27-32-56-22-13-14-23-57(56)42-54/h13-14,19,21-23,27-37,42,47,49-50,60-68,100,102H,9-12,15-18,20,24-26,38-41,43-46,48H2,1-8H3,(H2,82,103)(H,90,111)(H,91,101)(H,92,107)(H,93,105)(H,94,104)(H,95,106)(H,96,108)(H,97,110)(H,98,109)(H2,84,85,88)(H2,86,87,89)/t50-,60-,61+,62+,63-,64+,65-,66-,67-,68+/m1/s1. The van der Waals surface area contributed by atoms with Crippen LogP contribution in [0.2, 0.25) is 5.02 Å². The smallest absolute Gasteiger partial charge is 0.245 e. The molecule has 1 aromatic heterocycles. The fourth-order valence-electron chi connectivity index (χ4n) is 12.7. The number of carbonyl (C=O) groups excluding carboxylic acids is 11. The van der Waals surface area contributed by atoms with Crippen LogP contribution in [0.25, 0.3) is 10.8 Å². The molecular weight excluding hydrogens is 1460 g/mol. The van der Waals surface area contributed by atoms with Crippen LogP contribution in [0.1, 0.15) is 135 Å². The number of nitrogens with two attached hydrogens (primary N) is 1. The Labute approximate surface area is 660 Å². The zero-order valence-electron chi connectivity index (χ0n) is 65.3. The number of nitrogens with one attached hydrogen (secondary N) is 13. The summed E-state index contributed by atoms with van der Waals surface area (Å²) in [4.78, 5) is 172.